The number of nitrogens with zero attached hydrogens (tertiary/aromatic N) is 3. The fourth-order valence-corrected chi connectivity index (χ4v) is 1.10. The van der Waals surface area contributed by atoms with Gasteiger partial charge in [-0.1, -0.05) is 0 Å². The number of aromatic nitrogens is 2. The van der Waals surface area contributed by atoms with Crippen molar-refractivity contribution in [2.45, 2.75) is 19.9 Å². The number of carbonyl (C=O) groups excluding carboxylic acids is 1. The summed E-state index contributed by atoms with van der Waals surface area (Å²) in [5, 5.41) is 0. The Kier molecular flexibility index (Phi) is 2.70. The normalized spacial score (nSPS) is 10.5. The van der Waals surface area contributed by atoms with Gasteiger partial charge in [0.15, 0.2) is 5.82 Å². The first kappa shape index (κ1) is 9.77. The topological polar surface area (TPSA) is 38.1 Å². The average molecular weight is 181 g/mol. The summed E-state index contributed by atoms with van der Waals surface area (Å²) in [5.74, 6) is 0.443. The molecule has 1 aromatic heterocycles. The van der Waals surface area contributed by atoms with Crippen molar-refractivity contribution < 1.29 is 4.79 Å². The van der Waals surface area contributed by atoms with Crippen LogP contribution in [0.1, 0.15) is 30.5 Å². The van der Waals surface area contributed by atoms with E-state index < -0.39 is 0 Å². The molecule has 0 aliphatic carbocycles. The summed E-state index contributed by atoms with van der Waals surface area (Å²) in [5.41, 5.74) is 0. The van der Waals surface area contributed by atoms with Crippen LogP contribution in [0.2, 0.25) is 0 Å². The standard InChI is InChI=1S/C9H15N3O/c1-7(2)12-6-5-10-8(12)9(13)11(3)4/h5-7H,1-4H3. The lowest BCUT2D eigenvalue weighted by molar-refractivity contribution is 0.0809. The molecule has 1 aromatic rings. The molecule has 0 atom stereocenters. The number of carbonyl (C=O) groups is 1. The van der Waals surface area contributed by atoms with E-state index in [4.69, 9.17) is 0 Å². The molecule has 1 heterocycles. The third-order valence-corrected chi connectivity index (χ3v) is 1.82. The molecule has 4 nitrogen and oxygen atoms in total. The van der Waals surface area contributed by atoms with E-state index in [2.05, 4.69) is 4.98 Å². The minimum absolute atomic E-state index is 0.0568. The molecule has 0 unspecified atom stereocenters. The molecular formula is C9H15N3O. The highest BCUT2D eigenvalue weighted by Crippen LogP contribution is 2.08. The van der Waals surface area contributed by atoms with Gasteiger partial charge < -0.3 is 9.47 Å². The Hall–Kier alpha value is -1.32. The summed E-state index contributed by atoms with van der Waals surface area (Å²) in [4.78, 5) is 17.1. The third-order valence-electron chi connectivity index (χ3n) is 1.82. The average Bonchev–Trinajstić information content (AvgIpc) is 2.50. The Bertz CT molecular complexity index is 302. The predicted octanol–water partition coefficient (Wildman–Crippen LogP) is 1.17. The molecule has 1 rings (SSSR count). The lowest BCUT2D eigenvalue weighted by atomic mass is 10.3. The van der Waals surface area contributed by atoms with Gasteiger partial charge in [0, 0.05) is 32.5 Å². The summed E-state index contributed by atoms with van der Waals surface area (Å²) in [7, 11) is 3.45. The monoisotopic (exact) mass is 181 g/mol. The summed E-state index contributed by atoms with van der Waals surface area (Å²) < 4.78 is 1.86. The van der Waals surface area contributed by atoms with Crippen molar-refractivity contribution in [1.29, 1.82) is 0 Å². The lowest BCUT2D eigenvalue weighted by Crippen LogP contribution is -2.25. The highest BCUT2D eigenvalue weighted by Gasteiger charge is 2.15. The molecule has 0 saturated heterocycles. The smallest absolute Gasteiger partial charge is 0.289 e. The summed E-state index contributed by atoms with van der Waals surface area (Å²) in [6.45, 7) is 4.04. The van der Waals surface area contributed by atoms with Gasteiger partial charge in [-0.15, -0.1) is 0 Å². The molecule has 0 spiro atoms. The highest BCUT2D eigenvalue weighted by atomic mass is 16.2. The van der Waals surface area contributed by atoms with Crippen LogP contribution in [-0.4, -0.2) is 34.5 Å². The van der Waals surface area contributed by atoms with E-state index in [1.54, 1.807) is 20.3 Å². The number of hydrogen-bond donors (Lipinski definition) is 0. The molecule has 0 radical (unpaired) electrons. The van der Waals surface area contributed by atoms with E-state index in [1.165, 1.54) is 4.90 Å². The van der Waals surface area contributed by atoms with Crippen LogP contribution in [0, 0.1) is 0 Å². The number of imidazole rings is 1. The van der Waals surface area contributed by atoms with Crippen LogP contribution in [0.15, 0.2) is 12.4 Å². The fourth-order valence-electron chi connectivity index (χ4n) is 1.10. The van der Waals surface area contributed by atoms with Gasteiger partial charge in [0.2, 0.25) is 0 Å². The molecule has 13 heavy (non-hydrogen) atoms. The molecule has 0 aliphatic rings. The lowest BCUT2D eigenvalue weighted by Gasteiger charge is -2.14. The number of rotatable bonds is 2. The van der Waals surface area contributed by atoms with E-state index in [9.17, 15) is 4.79 Å². The van der Waals surface area contributed by atoms with Crippen LogP contribution in [-0.2, 0) is 0 Å². The van der Waals surface area contributed by atoms with Crippen molar-refractivity contribution in [3.05, 3.63) is 18.2 Å². The molecule has 4 heteroatoms. The van der Waals surface area contributed by atoms with Crippen molar-refractivity contribution in [2.24, 2.45) is 0 Å². The second-order valence-corrected chi connectivity index (χ2v) is 3.45. The van der Waals surface area contributed by atoms with Gasteiger partial charge in [0.1, 0.15) is 0 Å². The second kappa shape index (κ2) is 3.60. The van der Waals surface area contributed by atoms with Crippen LogP contribution < -0.4 is 0 Å². The van der Waals surface area contributed by atoms with Gasteiger partial charge in [-0.3, -0.25) is 4.79 Å². The van der Waals surface area contributed by atoms with E-state index in [0.717, 1.165) is 0 Å². The molecule has 1 amide bonds. The zero-order valence-electron chi connectivity index (χ0n) is 8.48. The van der Waals surface area contributed by atoms with Crippen molar-refractivity contribution >= 4 is 5.91 Å². The van der Waals surface area contributed by atoms with Gasteiger partial charge >= 0.3 is 0 Å². The second-order valence-electron chi connectivity index (χ2n) is 3.45. The van der Waals surface area contributed by atoms with Crippen molar-refractivity contribution in [3.8, 4) is 0 Å². The van der Waals surface area contributed by atoms with Crippen molar-refractivity contribution in [2.75, 3.05) is 14.1 Å². The van der Waals surface area contributed by atoms with E-state index in [0.29, 0.717) is 5.82 Å². The van der Waals surface area contributed by atoms with E-state index >= 15 is 0 Å². The van der Waals surface area contributed by atoms with Crippen LogP contribution >= 0.6 is 0 Å². The minimum Gasteiger partial charge on any atom is -0.342 e. The maximum atomic E-state index is 11.6. The Morgan fingerprint density at radius 3 is 2.62 bits per heavy atom. The first-order chi connectivity index (χ1) is 6.04. The van der Waals surface area contributed by atoms with E-state index in [1.807, 2.05) is 24.6 Å². The SMILES string of the molecule is CC(C)n1ccnc1C(=O)N(C)C. The van der Waals surface area contributed by atoms with Crippen LogP contribution in [0.5, 0.6) is 0 Å². The number of amides is 1. The third kappa shape index (κ3) is 1.88. The Labute approximate surface area is 78.2 Å². The largest absolute Gasteiger partial charge is 0.342 e. The maximum absolute atomic E-state index is 11.6. The molecule has 72 valence electrons. The Morgan fingerprint density at radius 1 is 1.54 bits per heavy atom. The van der Waals surface area contributed by atoms with Crippen LogP contribution in [0.4, 0.5) is 0 Å². The molecule has 0 saturated carbocycles. The van der Waals surface area contributed by atoms with Gasteiger partial charge in [-0.2, -0.15) is 0 Å². The van der Waals surface area contributed by atoms with Crippen molar-refractivity contribution in [1.82, 2.24) is 14.5 Å². The maximum Gasteiger partial charge on any atom is 0.289 e. The van der Waals surface area contributed by atoms with Crippen LogP contribution in [0.3, 0.4) is 0 Å². The first-order valence-electron chi connectivity index (χ1n) is 4.28. The Balaban J connectivity index is 3.01. The Morgan fingerprint density at radius 2 is 2.15 bits per heavy atom. The number of hydrogen-bond acceptors (Lipinski definition) is 2. The van der Waals surface area contributed by atoms with Gasteiger partial charge in [0.05, 0.1) is 0 Å². The quantitative estimate of drug-likeness (QED) is 0.686. The van der Waals surface area contributed by atoms with Gasteiger partial charge in [0.25, 0.3) is 5.91 Å². The zero-order valence-corrected chi connectivity index (χ0v) is 8.48. The van der Waals surface area contributed by atoms with E-state index in [-0.39, 0.29) is 11.9 Å². The summed E-state index contributed by atoms with van der Waals surface area (Å²) in [6, 6.07) is 0.265. The molecule has 0 aromatic carbocycles. The molecule has 0 bridgehead atoms. The van der Waals surface area contributed by atoms with Crippen molar-refractivity contribution in [3.63, 3.8) is 0 Å². The molecular weight excluding hydrogens is 166 g/mol. The van der Waals surface area contributed by atoms with Gasteiger partial charge in [-0.25, -0.2) is 4.98 Å². The molecule has 0 N–H and O–H groups in total. The highest BCUT2D eigenvalue weighted by molar-refractivity contribution is 5.90. The van der Waals surface area contributed by atoms with Gasteiger partial charge in [-0.05, 0) is 13.8 Å². The molecule has 0 fully saturated rings. The summed E-state index contributed by atoms with van der Waals surface area (Å²) in [6.07, 6.45) is 3.47. The minimum atomic E-state index is -0.0568. The summed E-state index contributed by atoms with van der Waals surface area (Å²) >= 11 is 0. The fraction of sp³-hybridized carbons (Fsp3) is 0.556. The predicted molar refractivity (Wildman–Crippen MR) is 50.6 cm³/mol. The van der Waals surface area contributed by atoms with Crippen LogP contribution in [0.25, 0.3) is 0 Å². The molecule has 0 aliphatic heterocycles. The first-order valence-corrected chi connectivity index (χ1v) is 4.28. The zero-order chi connectivity index (χ0) is 10.0.